The summed E-state index contributed by atoms with van der Waals surface area (Å²) in [5.74, 6) is 4.94. The number of rotatable bonds is 5. The van der Waals surface area contributed by atoms with Crippen molar-refractivity contribution in [1.29, 1.82) is 5.26 Å². The van der Waals surface area contributed by atoms with Crippen molar-refractivity contribution in [3.05, 3.63) is 0 Å². The van der Waals surface area contributed by atoms with Gasteiger partial charge in [-0.3, -0.25) is 0 Å². The molecule has 3 aliphatic rings. The smallest absolute Gasteiger partial charge is 0.0689 e. The van der Waals surface area contributed by atoms with E-state index in [1.165, 1.54) is 77.0 Å². The van der Waals surface area contributed by atoms with Gasteiger partial charge in [0, 0.05) is 0 Å². The first-order valence-electron chi connectivity index (χ1n) is 10.6. The second-order valence-electron chi connectivity index (χ2n) is 9.09. The van der Waals surface area contributed by atoms with Crippen LogP contribution in [-0.4, -0.2) is 0 Å². The van der Waals surface area contributed by atoms with Gasteiger partial charge in [-0.1, -0.05) is 46.0 Å². The van der Waals surface area contributed by atoms with Gasteiger partial charge in [-0.05, 0) is 81.0 Å². The lowest BCUT2D eigenvalue weighted by atomic mass is 9.52. The number of unbranched alkanes of at least 4 members (excludes halogenated alkanes) is 2. The average Bonchev–Trinajstić information content (AvgIpc) is 2.61. The van der Waals surface area contributed by atoms with Crippen molar-refractivity contribution < 1.29 is 0 Å². The third-order valence-corrected chi connectivity index (χ3v) is 7.95. The summed E-state index contributed by atoms with van der Waals surface area (Å²) < 4.78 is 0. The third kappa shape index (κ3) is 3.62. The van der Waals surface area contributed by atoms with Gasteiger partial charge in [-0.15, -0.1) is 0 Å². The number of fused-ring (bicyclic) bond motifs is 3. The molecule has 0 spiro atoms. The zero-order chi connectivity index (χ0) is 16.3. The van der Waals surface area contributed by atoms with E-state index in [0.29, 0.717) is 0 Å². The maximum atomic E-state index is 9.65. The maximum Gasteiger partial charge on any atom is 0.0689 e. The Labute approximate surface area is 144 Å². The average molecular weight is 316 g/mol. The lowest BCUT2D eigenvalue weighted by Gasteiger charge is -2.52. The van der Waals surface area contributed by atoms with Gasteiger partial charge in [0.25, 0.3) is 0 Å². The molecule has 0 aromatic rings. The van der Waals surface area contributed by atoms with Crippen molar-refractivity contribution in [2.24, 2.45) is 35.0 Å². The van der Waals surface area contributed by atoms with E-state index in [4.69, 9.17) is 0 Å². The van der Waals surface area contributed by atoms with E-state index >= 15 is 0 Å². The van der Waals surface area contributed by atoms with Crippen LogP contribution in [0.25, 0.3) is 0 Å². The van der Waals surface area contributed by atoms with Crippen LogP contribution in [0, 0.1) is 46.3 Å². The second kappa shape index (κ2) is 7.58. The van der Waals surface area contributed by atoms with Crippen LogP contribution in [0.15, 0.2) is 0 Å². The molecule has 0 radical (unpaired) electrons. The largest absolute Gasteiger partial charge is 0.198 e. The highest BCUT2D eigenvalue weighted by Gasteiger charge is 2.48. The second-order valence-corrected chi connectivity index (χ2v) is 9.09. The normalized spacial score (nSPS) is 43.3. The Morgan fingerprint density at radius 3 is 2.48 bits per heavy atom. The van der Waals surface area contributed by atoms with E-state index in [9.17, 15) is 5.26 Å². The first-order chi connectivity index (χ1) is 11.2. The summed E-state index contributed by atoms with van der Waals surface area (Å²) in [5.41, 5.74) is 0.0331. The van der Waals surface area contributed by atoms with Crippen LogP contribution in [-0.2, 0) is 0 Å². The fraction of sp³-hybridized carbons (Fsp3) is 0.955. The Hall–Kier alpha value is -0.510. The van der Waals surface area contributed by atoms with Crippen molar-refractivity contribution in [3.8, 4) is 6.07 Å². The first-order valence-corrected chi connectivity index (χ1v) is 10.6. The quantitative estimate of drug-likeness (QED) is 0.516. The van der Waals surface area contributed by atoms with Gasteiger partial charge < -0.3 is 0 Å². The van der Waals surface area contributed by atoms with E-state index in [0.717, 1.165) is 36.0 Å². The van der Waals surface area contributed by atoms with Crippen LogP contribution in [0.5, 0.6) is 0 Å². The molecule has 0 N–H and O–H groups in total. The zero-order valence-corrected chi connectivity index (χ0v) is 15.5. The molecule has 0 aromatic heterocycles. The molecule has 4 unspecified atom stereocenters. The summed E-state index contributed by atoms with van der Waals surface area (Å²) in [6.07, 6.45) is 18.0. The number of hydrogen-bond acceptors (Lipinski definition) is 1. The van der Waals surface area contributed by atoms with Gasteiger partial charge >= 0.3 is 0 Å². The van der Waals surface area contributed by atoms with Gasteiger partial charge in [-0.2, -0.15) is 5.26 Å². The molecular weight excluding hydrogens is 278 g/mol. The van der Waals surface area contributed by atoms with E-state index in [1.807, 2.05) is 0 Å². The Morgan fingerprint density at radius 2 is 1.74 bits per heavy atom. The molecule has 1 heteroatoms. The van der Waals surface area contributed by atoms with Gasteiger partial charge in [0.15, 0.2) is 0 Å². The molecular formula is C22H37N. The maximum absolute atomic E-state index is 9.65. The number of nitriles is 1. The Kier molecular flexibility index (Phi) is 5.71. The molecule has 3 saturated carbocycles. The van der Waals surface area contributed by atoms with Crippen LogP contribution in [0.1, 0.15) is 97.3 Å². The van der Waals surface area contributed by atoms with Crippen molar-refractivity contribution in [3.63, 3.8) is 0 Å². The lowest BCUT2D eigenvalue weighted by Crippen LogP contribution is -2.43. The predicted molar refractivity (Wildman–Crippen MR) is 96.9 cm³/mol. The highest BCUT2D eigenvalue weighted by molar-refractivity contribution is 5.05. The van der Waals surface area contributed by atoms with Crippen LogP contribution in [0.3, 0.4) is 0 Å². The van der Waals surface area contributed by atoms with E-state index in [-0.39, 0.29) is 5.41 Å². The Balaban J connectivity index is 1.57. The van der Waals surface area contributed by atoms with Crippen LogP contribution in [0.4, 0.5) is 0 Å². The molecule has 23 heavy (non-hydrogen) atoms. The SMILES string of the molecule is CCCCC[C@@H]1CCC2C(CCC3C[C@](C#N)(CC)CCC32)C1. The Bertz CT molecular complexity index is 422. The van der Waals surface area contributed by atoms with Crippen molar-refractivity contribution in [1.82, 2.24) is 0 Å². The van der Waals surface area contributed by atoms with Crippen LogP contribution >= 0.6 is 0 Å². The van der Waals surface area contributed by atoms with Crippen molar-refractivity contribution >= 4 is 0 Å². The molecule has 0 aliphatic heterocycles. The Morgan fingerprint density at radius 1 is 0.957 bits per heavy atom. The number of nitrogens with zero attached hydrogens (tertiary/aromatic N) is 1. The first kappa shape index (κ1) is 17.3. The molecule has 0 aromatic carbocycles. The van der Waals surface area contributed by atoms with E-state index < -0.39 is 0 Å². The molecule has 3 aliphatic carbocycles. The predicted octanol–water partition coefficient (Wildman–Crippen LogP) is 6.73. The van der Waals surface area contributed by atoms with Gasteiger partial charge in [0.1, 0.15) is 0 Å². The third-order valence-electron chi connectivity index (χ3n) is 7.95. The summed E-state index contributed by atoms with van der Waals surface area (Å²) in [5, 5.41) is 9.65. The molecule has 0 bridgehead atoms. The molecule has 0 heterocycles. The van der Waals surface area contributed by atoms with Gasteiger partial charge in [-0.25, -0.2) is 0 Å². The minimum absolute atomic E-state index is 0.0331. The molecule has 130 valence electrons. The minimum atomic E-state index is 0.0331. The molecule has 3 fully saturated rings. The van der Waals surface area contributed by atoms with Crippen LogP contribution in [0.2, 0.25) is 0 Å². The van der Waals surface area contributed by atoms with Crippen molar-refractivity contribution in [2.45, 2.75) is 97.3 Å². The van der Waals surface area contributed by atoms with Gasteiger partial charge in [0.2, 0.25) is 0 Å². The fourth-order valence-corrected chi connectivity index (χ4v) is 6.47. The topological polar surface area (TPSA) is 23.8 Å². The molecule has 3 rings (SSSR count). The summed E-state index contributed by atoms with van der Waals surface area (Å²) >= 11 is 0. The highest BCUT2D eigenvalue weighted by Crippen LogP contribution is 2.56. The minimum Gasteiger partial charge on any atom is -0.198 e. The summed E-state index contributed by atoms with van der Waals surface area (Å²) in [7, 11) is 0. The molecule has 1 nitrogen and oxygen atoms in total. The van der Waals surface area contributed by atoms with Crippen molar-refractivity contribution in [2.75, 3.05) is 0 Å². The lowest BCUT2D eigenvalue weighted by molar-refractivity contribution is -0.0167. The fourth-order valence-electron chi connectivity index (χ4n) is 6.47. The van der Waals surface area contributed by atoms with E-state index in [1.54, 1.807) is 0 Å². The summed E-state index contributed by atoms with van der Waals surface area (Å²) in [4.78, 5) is 0. The molecule has 6 atom stereocenters. The van der Waals surface area contributed by atoms with Crippen LogP contribution < -0.4 is 0 Å². The zero-order valence-electron chi connectivity index (χ0n) is 15.5. The highest BCUT2D eigenvalue weighted by atomic mass is 14.5. The summed E-state index contributed by atoms with van der Waals surface area (Å²) in [6.45, 7) is 4.55. The summed E-state index contributed by atoms with van der Waals surface area (Å²) in [6, 6.07) is 2.71. The van der Waals surface area contributed by atoms with Gasteiger partial charge in [0.05, 0.1) is 11.5 Å². The standard InChI is InChI=1S/C22H37N/c1-3-5-6-7-17-8-11-20-18(14-17)9-10-19-15-22(4-2,16-23)13-12-21(19)20/h17-21H,3-15H2,1-2H3/t17-,18?,19?,20?,21?,22+/m1/s1. The monoisotopic (exact) mass is 315 g/mol. The molecule has 0 amide bonds. The number of hydrogen-bond donors (Lipinski definition) is 0. The van der Waals surface area contributed by atoms with E-state index in [2.05, 4.69) is 19.9 Å². The molecule has 0 saturated heterocycles.